The van der Waals surface area contributed by atoms with Gasteiger partial charge < -0.3 is 19.7 Å². The van der Waals surface area contributed by atoms with Crippen LogP contribution in [0.1, 0.15) is 17.4 Å². The lowest BCUT2D eigenvalue weighted by molar-refractivity contribution is 0.0110. The molecule has 1 aromatic carbocycles. The van der Waals surface area contributed by atoms with Crippen molar-refractivity contribution in [1.82, 2.24) is 14.8 Å². The standard InChI is InChI=1S/C18H25N3O3/c1-2-24-13-15(22)12-20-7-9-21(10-8-20)18(23)17-11-14-5-3-4-6-16(14)19-17/h3-6,11,15,19,22H,2,7-10,12-13H2,1H3/t15-/m0/s1. The molecule has 130 valence electrons. The molecule has 0 bridgehead atoms. The Kier molecular flexibility index (Phi) is 5.50. The fraction of sp³-hybridized carbons (Fsp3) is 0.500. The Balaban J connectivity index is 1.53. The third-order valence-electron chi connectivity index (χ3n) is 4.40. The highest BCUT2D eigenvalue weighted by atomic mass is 16.5. The van der Waals surface area contributed by atoms with Crippen LogP contribution in [-0.2, 0) is 4.74 Å². The van der Waals surface area contributed by atoms with Gasteiger partial charge in [-0.1, -0.05) is 18.2 Å². The van der Waals surface area contributed by atoms with Crippen LogP contribution in [0.25, 0.3) is 10.9 Å². The molecule has 3 rings (SSSR count). The molecule has 0 saturated carbocycles. The number of aromatic amines is 1. The van der Waals surface area contributed by atoms with Crippen LogP contribution >= 0.6 is 0 Å². The Morgan fingerprint density at radius 1 is 1.29 bits per heavy atom. The normalized spacial score (nSPS) is 17.3. The number of amides is 1. The van der Waals surface area contributed by atoms with Gasteiger partial charge in [-0.05, 0) is 19.1 Å². The first-order valence-electron chi connectivity index (χ1n) is 8.52. The van der Waals surface area contributed by atoms with Crippen molar-refractivity contribution in [1.29, 1.82) is 0 Å². The van der Waals surface area contributed by atoms with Gasteiger partial charge in [0.25, 0.3) is 5.91 Å². The number of carbonyl (C=O) groups excluding carboxylic acids is 1. The minimum atomic E-state index is -0.471. The summed E-state index contributed by atoms with van der Waals surface area (Å²) < 4.78 is 5.24. The lowest BCUT2D eigenvalue weighted by Crippen LogP contribution is -2.50. The summed E-state index contributed by atoms with van der Waals surface area (Å²) in [6.45, 7) is 6.39. The zero-order chi connectivity index (χ0) is 16.9. The van der Waals surface area contributed by atoms with Gasteiger partial charge in [-0.3, -0.25) is 9.69 Å². The monoisotopic (exact) mass is 331 g/mol. The number of piperazine rings is 1. The third kappa shape index (κ3) is 3.95. The molecule has 2 N–H and O–H groups in total. The largest absolute Gasteiger partial charge is 0.389 e. The van der Waals surface area contributed by atoms with Crippen molar-refractivity contribution in [2.75, 3.05) is 45.9 Å². The summed E-state index contributed by atoms with van der Waals surface area (Å²) >= 11 is 0. The van der Waals surface area contributed by atoms with Crippen LogP contribution in [0.5, 0.6) is 0 Å². The minimum absolute atomic E-state index is 0.0423. The van der Waals surface area contributed by atoms with Crippen molar-refractivity contribution in [2.24, 2.45) is 0 Å². The second-order valence-corrected chi connectivity index (χ2v) is 6.18. The zero-order valence-corrected chi connectivity index (χ0v) is 14.1. The van der Waals surface area contributed by atoms with Crippen molar-refractivity contribution in [3.8, 4) is 0 Å². The molecule has 6 heteroatoms. The van der Waals surface area contributed by atoms with E-state index in [0.717, 1.165) is 24.0 Å². The number of aliphatic hydroxyl groups is 1. The van der Waals surface area contributed by atoms with E-state index in [9.17, 15) is 9.90 Å². The molecule has 24 heavy (non-hydrogen) atoms. The fourth-order valence-electron chi connectivity index (χ4n) is 3.10. The van der Waals surface area contributed by atoms with E-state index in [1.54, 1.807) is 0 Å². The maximum absolute atomic E-state index is 12.6. The third-order valence-corrected chi connectivity index (χ3v) is 4.40. The quantitative estimate of drug-likeness (QED) is 0.838. The highest BCUT2D eigenvalue weighted by Crippen LogP contribution is 2.17. The summed E-state index contributed by atoms with van der Waals surface area (Å²) in [4.78, 5) is 19.9. The minimum Gasteiger partial charge on any atom is -0.389 e. The van der Waals surface area contributed by atoms with Gasteiger partial charge in [-0.15, -0.1) is 0 Å². The number of ether oxygens (including phenoxy) is 1. The van der Waals surface area contributed by atoms with Crippen molar-refractivity contribution in [3.05, 3.63) is 36.0 Å². The van der Waals surface area contributed by atoms with E-state index in [4.69, 9.17) is 4.74 Å². The van der Waals surface area contributed by atoms with Crippen LogP contribution in [0.4, 0.5) is 0 Å². The molecular weight excluding hydrogens is 306 g/mol. The number of β-amino-alcohol motifs (C(OH)–C–C–N with tert-alkyl or cyclic N) is 1. The summed E-state index contributed by atoms with van der Waals surface area (Å²) in [6, 6.07) is 9.82. The van der Waals surface area contributed by atoms with Crippen LogP contribution in [0.15, 0.2) is 30.3 Å². The Bertz CT molecular complexity index is 644. The van der Waals surface area contributed by atoms with Crippen LogP contribution in [0, 0.1) is 0 Å². The highest BCUT2D eigenvalue weighted by molar-refractivity contribution is 5.98. The zero-order valence-electron chi connectivity index (χ0n) is 14.1. The Morgan fingerprint density at radius 3 is 2.75 bits per heavy atom. The number of hydrogen-bond acceptors (Lipinski definition) is 4. The van der Waals surface area contributed by atoms with E-state index in [1.165, 1.54) is 0 Å². The number of rotatable bonds is 6. The summed E-state index contributed by atoms with van der Waals surface area (Å²) in [5, 5.41) is 11.0. The number of hydrogen-bond donors (Lipinski definition) is 2. The molecule has 1 aliphatic rings. The smallest absolute Gasteiger partial charge is 0.270 e. The highest BCUT2D eigenvalue weighted by Gasteiger charge is 2.24. The molecule has 0 unspecified atom stereocenters. The first-order valence-corrected chi connectivity index (χ1v) is 8.52. The number of nitrogens with zero attached hydrogens (tertiary/aromatic N) is 2. The second kappa shape index (κ2) is 7.79. The average molecular weight is 331 g/mol. The van der Waals surface area contributed by atoms with Gasteiger partial charge >= 0.3 is 0 Å². The summed E-state index contributed by atoms with van der Waals surface area (Å²) in [5.41, 5.74) is 1.62. The maximum atomic E-state index is 12.6. The van der Waals surface area contributed by atoms with Crippen molar-refractivity contribution < 1.29 is 14.6 Å². The molecule has 2 heterocycles. The Hall–Kier alpha value is -1.89. The number of H-pyrrole nitrogens is 1. The van der Waals surface area contributed by atoms with Crippen LogP contribution in [0.2, 0.25) is 0 Å². The summed E-state index contributed by atoms with van der Waals surface area (Å²) in [7, 11) is 0. The second-order valence-electron chi connectivity index (χ2n) is 6.18. The van der Waals surface area contributed by atoms with Gasteiger partial charge in [-0.25, -0.2) is 0 Å². The SMILES string of the molecule is CCOC[C@@H](O)CN1CCN(C(=O)c2cc3ccccc3[nH]2)CC1. The molecule has 0 spiro atoms. The van der Waals surface area contributed by atoms with Crippen LogP contribution < -0.4 is 0 Å². The van der Waals surface area contributed by atoms with Gasteiger partial charge in [0.05, 0.1) is 12.7 Å². The first-order chi connectivity index (χ1) is 11.7. The van der Waals surface area contributed by atoms with E-state index in [2.05, 4.69) is 9.88 Å². The lowest BCUT2D eigenvalue weighted by atomic mass is 10.2. The predicted molar refractivity (Wildman–Crippen MR) is 93.1 cm³/mol. The van der Waals surface area contributed by atoms with Crippen molar-refractivity contribution in [3.63, 3.8) is 0 Å². The number of carbonyl (C=O) groups is 1. The van der Waals surface area contributed by atoms with Crippen molar-refractivity contribution in [2.45, 2.75) is 13.0 Å². The van der Waals surface area contributed by atoms with Gasteiger partial charge in [0.15, 0.2) is 0 Å². The molecule has 1 aromatic heterocycles. The molecule has 0 radical (unpaired) electrons. The number of para-hydroxylation sites is 1. The van der Waals surface area contributed by atoms with E-state index in [1.807, 2.05) is 42.2 Å². The molecule has 6 nitrogen and oxygen atoms in total. The fourth-order valence-corrected chi connectivity index (χ4v) is 3.10. The van der Waals surface area contributed by atoms with Crippen LogP contribution in [-0.4, -0.2) is 77.8 Å². The van der Waals surface area contributed by atoms with Gasteiger partial charge in [0.2, 0.25) is 0 Å². The first kappa shape index (κ1) is 17.0. The van der Waals surface area contributed by atoms with Gasteiger partial charge in [0.1, 0.15) is 5.69 Å². The maximum Gasteiger partial charge on any atom is 0.270 e. The molecule has 1 aliphatic heterocycles. The lowest BCUT2D eigenvalue weighted by Gasteiger charge is -2.35. The van der Waals surface area contributed by atoms with E-state index < -0.39 is 6.10 Å². The van der Waals surface area contributed by atoms with E-state index in [-0.39, 0.29) is 5.91 Å². The Labute approximate surface area is 142 Å². The van der Waals surface area contributed by atoms with E-state index in [0.29, 0.717) is 38.5 Å². The van der Waals surface area contributed by atoms with Gasteiger partial charge in [0, 0.05) is 50.2 Å². The van der Waals surface area contributed by atoms with E-state index >= 15 is 0 Å². The number of benzene rings is 1. The van der Waals surface area contributed by atoms with Crippen LogP contribution in [0.3, 0.4) is 0 Å². The number of fused-ring (bicyclic) bond motifs is 1. The molecule has 1 fully saturated rings. The number of aliphatic hydroxyl groups excluding tert-OH is 1. The molecule has 1 amide bonds. The topological polar surface area (TPSA) is 68.8 Å². The molecular formula is C18H25N3O3. The molecule has 0 aliphatic carbocycles. The average Bonchev–Trinajstić information content (AvgIpc) is 3.04. The van der Waals surface area contributed by atoms with Gasteiger partial charge in [-0.2, -0.15) is 0 Å². The molecule has 2 aromatic rings. The summed E-state index contributed by atoms with van der Waals surface area (Å²) in [6.07, 6.45) is -0.471. The number of aromatic nitrogens is 1. The molecule has 1 atom stereocenters. The predicted octanol–water partition coefficient (Wildman–Crippen LogP) is 1.32. The number of nitrogens with one attached hydrogen (secondary N) is 1. The van der Waals surface area contributed by atoms with Crippen molar-refractivity contribution >= 4 is 16.8 Å². The Morgan fingerprint density at radius 2 is 2.04 bits per heavy atom. The summed E-state index contributed by atoms with van der Waals surface area (Å²) in [5.74, 6) is 0.0423. The molecule has 1 saturated heterocycles.